The Balaban J connectivity index is 2.64. The first kappa shape index (κ1) is 9.57. The second-order valence-electron chi connectivity index (χ2n) is 2.28. The van der Waals surface area contributed by atoms with Crippen LogP contribution in [0.2, 0.25) is 0 Å². The first-order valence-electron chi connectivity index (χ1n) is 3.26. The quantitative estimate of drug-likeness (QED) is 0.735. The van der Waals surface area contributed by atoms with Gasteiger partial charge in [-0.2, -0.15) is 0 Å². The molecule has 0 amide bonds. The van der Waals surface area contributed by atoms with Gasteiger partial charge in [-0.15, -0.1) is 0 Å². The minimum absolute atomic E-state index is 1.03. The molecule has 3 heteroatoms. The van der Waals surface area contributed by atoms with Crippen molar-refractivity contribution in [2.24, 2.45) is 0 Å². The normalized spacial score (nSPS) is 9.55. The van der Waals surface area contributed by atoms with E-state index in [9.17, 15) is 0 Å². The predicted molar refractivity (Wildman–Crippen MR) is 55.2 cm³/mol. The van der Waals surface area contributed by atoms with Gasteiger partial charge in [0.2, 0.25) is 0 Å². The number of thiophene rings is 1. The van der Waals surface area contributed by atoms with Gasteiger partial charge in [0.25, 0.3) is 0 Å². The average molecular weight is 294 g/mol. The predicted octanol–water partition coefficient (Wildman–Crippen LogP) is 1.19. The third-order valence-corrected chi connectivity index (χ3v) is 3.49. The molecule has 0 atom stereocenters. The summed E-state index contributed by atoms with van der Waals surface area (Å²) in [5.74, 6) is 0. The van der Waals surface area contributed by atoms with Crippen molar-refractivity contribution in [3.8, 4) is 0 Å². The fraction of sp³-hybridized carbons (Fsp3) is 0.250. The standard InChI is InChI=1S/C8H8SSe2/c1-6(10)5-8(11)7-3-2-4-9-7/h2-4H,5H2,1H3. The van der Waals surface area contributed by atoms with Crippen molar-refractivity contribution >= 4 is 51.3 Å². The molecule has 11 heavy (non-hydrogen) atoms. The molecule has 1 aromatic rings. The van der Waals surface area contributed by atoms with E-state index in [2.05, 4.69) is 55.6 Å². The first-order valence-corrected chi connectivity index (χ1v) is 5.85. The second-order valence-corrected chi connectivity index (χ2v) is 5.72. The Kier molecular flexibility index (Phi) is 3.91. The van der Waals surface area contributed by atoms with Crippen LogP contribution in [0.3, 0.4) is 0 Å². The van der Waals surface area contributed by atoms with Crippen LogP contribution in [0.4, 0.5) is 0 Å². The van der Waals surface area contributed by atoms with Gasteiger partial charge in [0.05, 0.1) is 0 Å². The maximum atomic E-state index is 3.10. The van der Waals surface area contributed by atoms with Crippen LogP contribution in [0.5, 0.6) is 0 Å². The van der Waals surface area contributed by atoms with Crippen LogP contribution in [-0.2, 0) is 0 Å². The minimum atomic E-state index is 1.03. The van der Waals surface area contributed by atoms with Crippen LogP contribution in [0.25, 0.3) is 0 Å². The van der Waals surface area contributed by atoms with E-state index in [1.165, 1.54) is 13.7 Å². The van der Waals surface area contributed by atoms with Crippen LogP contribution in [0.1, 0.15) is 18.2 Å². The van der Waals surface area contributed by atoms with Crippen LogP contribution in [0.15, 0.2) is 17.5 Å². The van der Waals surface area contributed by atoms with Crippen LogP contribution in [-0.4, -0.2) is 40.0 Å². The Morgan fingerprint density at radius 2 is 2.27 bits per heavy atom. The summed E-state index contributed by atoms with van der Waals surface area (Å²) < 4.78 is 2.66. The molecule has 0 saturated heterocycles. The molecule has 58 valence electrons. The molecule has 0 aliphatic heterocycles. The van der Waals surface area contributed by atoms with Crippen molar-refractivity contribution < 1.29 is 0 Å². The molecule has 1 heterocycles. The van der Waals surface area contributed by atoms with Gasteiger partial charge in [-0.1, -0.05) is 0 Å². The fourth-order valence-electron chi connectivity index (χ4n) is 0.750. The van der Waals surface area contributed by atoms with E-state index in [1.807, 2.05) is 0 Å². The molecule has 1 aromatic heterocycles. The zero-order valence-corrected chi connectivity index (χ0v) is 10.4. The Morgan fingerprint density at radius 1 is 1.55 bits per heavy atom. The van der Waals surface area contributed by atoms with Crippen molar-refractivity contribution in [1.82, 2.24) is 0 Å². The van der Waals surface area contributed by atoms with E-state index >= 15 is 0 Å². The van der Waals surface area contributed by atoms with Gasteiger partial charge >= 0.3 is 87.1 Å². The summed E-state index contributed by atoms with van der Waals surface area (Å²) in [5.41, 5.74) is 0. The summed E-state index contributed by atoms with van der Waals surface area (Å²) in [7, 11) is 0. The summed E-state index contributed by atoms with van der Waals surface area (Å²) in [6, 6.07) is 4.21. The van der Waals surface area contributed by atoms with Crippen molar-refractivity contribution in [3.05, 3.63) is 22.4 Å². The van der Waals surface area contributed by atoms with Gasteiger partial charge in [-0.05, 0) is 0 Å². The zero-order chi connectivity index (χ0) is 8.27. The third kappa shape index (κ3) is 3.14. The monoisotopic (exact) mass is 296 g/mol. The molecule has 0 spiro atoms. The van der Waals surface area contributed by atoms with Crippen LogP contribution in [0, 0.1) is 0 Å². The Hall–Kier alpha value is 0.479. The molecule has 0 aromatic carbocycles. The van der Waals surface area contributed by atoms with Gasteiger partial charge in [-0.25, -0.2) is 0 Å². The SMILES string of the molecule is CC(=[Se])CC(=[Se])c1cccs1. The zero-order valence-electron chi connectivity index (χ0n) is 6.16. The molecule has 0 N–H and O–H groups in total. The Bertz CT molecular complexity index is 262. The van der Waals surface area contributed by atoms with E-state index in [0.717, 1.165) is 6.42 Å². The molecular formula is C8H8SSe2. The van der Waals surface area contributed by atoms with Crippen molar-refractivity contribution in [1.29, 1.82) is 0 Å². The molecule has 0 saturated carbocycles. The number of rotatable bonds is 3. The van der Waals surface area contributed by atoms with E-state index in [0.29, 0.717) is 0 Å². The fourth-order valence-corrected chi connectivity index (χ4v) is 3.08. The number of hydrogen-bond donors (Lipinski definition) is 0. The summed E-state index contributed by atoms with van der Waals surface area (Å²) in [4.78, 5) is 1.35. The van der Waals surface area contributed by atoms with Crippen molar-refractivity contribution in [3.63, 3.8) is 0 Å². The van der Waals surface area contributed by atoms with Gasteiger partial charge in [-0.3, -0.25) is 0 Å². The summed E-state index contributed by atoms with van der Waals surface area (Å²) >= 11 is 7.89. The molecular weight excluding hydrogens is 286 g/mol. The molecule has 0 aliphatic carbocycles. The van der Waals surface area contributed by atoms with Gasteiger partial charge in [0.1, 0.15) is 0 Å². The molecule has 0 nitrogen and oxygen atoms in total. The van der Waals surface area contributed by atoms with E-state index in [4.69, 9.17) is 0 Å². The summed E-state index contributed by atoms with van der Waals surface area (Å²) in [6.07, 6.45) is 1.03. The molecule has 0 fully saturated rings. The first-order chi connectivity index (χ1) is 5.20. The summed E-state index contributed by atoms with van der Waals surface area (Å²) in [5, 5.41) is 2.10. The molecule has 0 aliphatic rings. The van der Waals surface area contributed by atoms with Gasteiger partial charge in [0, 0.05) is 0 Å². The number of hydrogen-bond acceptors (Lipinski definition) is 1. The third-order valence-electron chi connectivity index (χ3n) is 1.21. The maximum absolute atomic E-state index is 3.10. The van der Waals surface area contributed by atoms with E-state index in [1.54, 1.807) is 11.3 Å². The molecule has 0 unspecified atom stereocenters. The molecule has 0 bridgehead atoms. The Morgan fingerprint density at radius 3 is 2.73 bits per heavy atom. The molecule has 0 radical (unpaired) electrons. The van der Waals surface area contributed by atoms with E-state index in [-0.39, 0.29) is 0 Å². The Labute approximate surface area is 86.7 Å². The van der Waals surface area contributed by atoms with E-state index < -0.39 is 0 Å². The van der Waals surface area contributed by atoms with Crippen LogP contribution >= 0.6 is 11.3 Å². The van der Waals surface area contributed by atoms with Gasteiger partial charge < -0.3 is 0 Å². The molecule has 1 rings (SSSR count). The van der Waals surface area contributed by atoms with Crippen LogP contribution < -0.4 is 0 Å². The van der Waals surface area contributed by atoms with Gasteiger partial charge in [0.15, 0.2) is 0 Å². The van der Waals surface area contributed by atoms with Crippen molar-refractivity contribution in [2.75, 3.05) is 0 Å². The summed E-state index contributed by atoms with van der Waals surface area (Å²) in [6.45, 7) is 2.10. The van der Waals surface area contributed by atoms with Crippen molar-refractivity contribution in [2.45, 2.75) is 13.3 Å². The average Bonchev–Trinajstić information content (AvgIpc) is 2.35. The topological polar surface area (TPSA) is 0 Å². The second kappa shape index (κ2) is 4.49.